The van der Waals surface area contributed by atoms with Crippen LogP contribution in [0.15, 0.2) is 29.3 Å². The van der Waals surface area contributed by atoms with Gasteiger partial charge in [-0.2, -0.15) is 0 Å². The molecule has 1 aliphatic rings. The molecule has 1 aromatic rings. The number of nitrogens with one attached hydrogen (secondary N) is 1. The summed E-state index contributed by atoms with van der Waals surface area (Å²) in [7, 11) is 0. The van der Waals surface area contributed by atoms with Crippen LogP contribution in [0.3, 0.4) is 0 Å². The lowest BCUT2D eigenvalue weighted by molar-refractivity contribution is 0.843. The van der Waals surface area contributed by atoms with E-state index in [2.05, 4.69) is 48.4 Å². The highest BCUT2D eigenvalue weighted by atomic mass is 32.2. The summed E-state index contributed by atoms with van der Waals surface area (Å²) in [6, 6.07) is 8.55. The molecule has 0 radical (unpaired) electrons. The van der Waals surface area contributed by atoms with Crippen LogP contribution in [-0.2, 0) is 6.42 Å². The summed E-state index contributed by atoms with van der Waals surface area (Å²) in [4.78, 5) is 4.51. The first kappa shape index (κ1) is 11.5. The molecule has 0 fully saturated rings. The standard InChI is InChI=1S/C13H18N2S/c1-3-10-6-5-7-11(8-10)15-13-14-9-12(4-2)16-13/h5-8,12H,3-4,9H2,1-2H3,(H,14,15). The molecule has 0 saturated heterocycles. The normalized spacial score (nSPS) is 19.6. The number of benzene rings is 1. The molecular weight excluding hydrogens is 216 g/mol. The van der Waals surface area contributed by atoms with Crippen molar-refractivity contribution < 1.29 is 0 Å². The van der Waals surface area contributed by atoms with E-state index in [-0.39, 0.29) is 0 Å². The third kappa shape index (κ3) is 2.79. The van der Waals surface area contributed by atoms with Crippen LogP contribution in [0.25, 0.3) is 0 Å². The Morgan fingerprint density at radius 1 is 1.44 bits per heavy atom. The molecule has 0 amide bonds. The van der Waals surface area contributed by atoms with Crippen molar-refractivity contribution in [3.05, 3.63) is 29.8 Å². The highest BCUT2D eigenvalue weighted by Crippen LogP contribution is 2.24. The summed E-state index contributed by atoms with van der Waals surface area (Å²) < 4.78 is 0. The molecule has 16 heavy (non-hydrogen) atoms. The smallest absolute Gasteiger partial charge is 0.161 e. The molecule has 1 aliphatic heterocycles. The zero-order valence-corrected chi connectivity index (χ0v) is 10.7. The zero-order valence-electron chi connectivity index (χ0n) is 9.86. The van der Waals surface area contributed by atoms with E-state index in [4.69, 9.17) is 0 Å². The van der Waals surface area contributed by atoms with E-state index in [1.54, 1.807) is 0 Å². The van der Waals surface area contributed by atoms with Crippen molar-refractivity contribution in [2.75, 3.05) is 11.9 Å². The van der Waals surface area contributed by atoms with Crippen LogP contribution in [0.1, 0.15) is 25.8 Å². The van der Waals surface area contributed by atoms with Crippen molar-refractivity contribution in [2.24, 2.45) is 4.99 Å². The van der Waals surface area contributed by atoms with Gasteiger partial charge >= 0.3 is 0 Å². The van der Waals surface area contributed by atoms with Crippen LogP contribution < -0.4 is 5.32 Å². The van der Waals surface area contributed by atoms with Gasteiger partial charge in [0.2, 0.25) is 0 Å². The van der Waals surface area contributed by atoms with Gasteiger partial charge in [-0.25, -0.2) is 0 Å². The van der Waals surface area contributed by atoms with Gasteiger partial charge in [-0.05, 0) is 30.5 Å². The quantitative estimate of drug-likeness (QED) is 0.865. The Hall–Kier alpha value is -0.960. The summed E-state index contributed by atoms with van der Waals surface area (Å²) in [6.07, 6.45) is 2.26. The van der Waals surface area contributed by atoms with Crippen molar-refractivity contribution in [1.29, 1.82) is 0 Å². The first-order valence-electron chi connectivity index (χ1n) is 5.89. The van der Waals surface area contributed by atoms with Gasteiger partial charge in [-0.1, -0.05) is 37.7 Å². The molecule has 2 nitrogen and oxygen atoms in total. The van der Waals surface area contributed by atoms with E-state index in [0.717, 1.165) is 23.8 Å². The summed E-state index contributed by atoms with van der Waals surface area (Å²) in [6.45, 7) is 5.35. The molecule has 0 aliphatic carbocycles. The van der Waals surface area contributed by atoms with Crippen molar-refractivity contribution in [3.8, 4) is 0 Å². The topological polar surface area (TPSA) is 24.4 Å². The molecule has 1 aromatic carbocycles. The molecule has 0 bridgehead atoms. The Kier molecular flexibility index (Phi) is 3.88. The summed E-state index contributed by atoms with van der Waals surface area (Å²) in [5, 5.41) is 5.13. The van der Waals surface area contributed by atoms with Crippen molar-refractivity contribution in [1.82, 2.24) is 0 Å². The zero-order chi connectivity index (χ0) is 11.4. The first-order valence-corrected chi connectivity index (χ1v) is 6.76. The number of aliphatic imine (C=N–C) groups is 1. The van der Waals surface area contributed by atoms with Crippen LogP contribution in [-0.4, -0.2) is 17.0 Å². The molecule has 86 valence electrons. The van der Waals surface area contributed by atoms with E-state index in [1.807, 2.05) is 11.8 Å². The minimum Gasteiger partial charge on any atom is -0.335 e. The van der Waals surface area contributed by atoms with Gasteiger partial charge < -0.3 is 5.32 Å². The van der Waals surface area contributed by atoms with Gasteiger partial charge in [0.25, 0.3) is 0 Å². The summed E-state index contributed by atoms with van der Waals surface area (Å²) >= 11 is 1.86. The fourth-order valence-corrected chi connectivity index (χ4v) is 2.65. The Morgan fingerprint density at radius 3 is 3.00 bits per heavy atom. The Morgan fingerprint density at radius 2 is 2.31 bits per heavy atom. The molecule has 0 aromatic heterocycles. The SMILES string of the molecule is CCc1cccc(NC2=NCC(CC)S2)c1. The van der Waals surface area contributed by atoms with Crippen LogP contribution in [0.2, 0.25) is 0 Å². The maximum Gasteiger partial charge on any atom is 0.161 e. The van der Waals surface area contributed by atoms with Gasteiger partial charge in [-0.3, -0.25) is 4.99 Å². The number of anilines is 1. The summed E-state index contributed by atoms with van der Waals surface area (Å²) in [5.41, 5.74) is 2.52. The third-order valence-corrected chi connectivity index (χ3v) is 4.03. The van der Waals surface area contributed by atoms with Crippen LogP contribution in [0.5, 0.6) is 0 Å². The number of amidine groups is 1. The van der Waals surface area contributed by atoms with Crippen molar-refractivity contribution in [2.45, 2.75) is 31.9 Å². The lowest BCUT2D eigenvalue weighted by atomic mass is 10.1. The highest BCUT2D eigenvalue weighted by Gasteiger charge is 2.17. The number of hydrogen-bond acceptors (Lipinski definition) is 3. The molecule has 1 heterocycles. The molecule has 1 atom stereocenters. The Balaban J connectivity index is 1.99. The van der Waals surface area contributed by atoms with Crippen LogP contribution in [0, 0.1) is 0 Å². The predicted octanol–water partition coefficient (Wildman–Crippen LogP) is 3.54. The molecule has 2 rings (SSSR count). The Labute approximate surface area is 102 Å². The Bertz CT molecular complexity index is 387. The van der Waals surface area contributed by atoms with E-state index >= 15 is 0 Å². The number of hydrogen-bond donors (Lipinski definition) is 1. The second-order valence-corrected chi connectivity index (χ2v) is 5.26. The lowest BCUT2D eigenvalue weighted by Crippen LogP contribution is -2.07. The molecule has 3 heteroatoms. The number of aryl methyl sites for hydroxylation is 1. The maximum absolute atomic E-state index is 4.51. The third-order valence-electron chi connectivity index (χ3n) is 2.76. The van der Waals surface area contributed by atoms with Gasteiger partial charge in [0.1, 0.15) is 0 Å². The second-order valence-electron chi connectivity index (χ2n) is 3.97. The monoisotopic (exact) mass is 234 g/mol. The van der Waals surface area contributed by atoms with Gasteiger partial charge in [-0.15, -0.1) is 0 Å². The van der Waals surface area contributed by atoms with Gasteiger partial charge in [0, 0.05) is 10.9 Å². The van der Waals surface area contributed by atoms with Crippen LogP contribution >= 0.6 is 11.8 Å². The molecule has 1 unspecified atom stereocenters. The highest BCUT2D eigenvalue weighted by molar-refractivity contribution is 8.15. The van der Waals surface area contributed by atoms with E-state index in [0.29, 0.717) is 5.25 Å². The predicted molar refractivity (Wildman–Crippen MR) is 73.4 cm³/mol. The second kappa shape index (κ2) is 5.39. The van der Waals surface area contributed by atoms with Crippen molar-refractivity contribution in [3.63, 3.8) is 0 Å². The van der Waals surface area contributed by atoms with Gasteiger partial charge in [0.05, 0.1) is 6.54 Å². The average molecular weight is 234 g/mol. The lowest BCUT2D eigenvalue weighted by Gasteiger charge is -2.08. The molecule has 0 spiro atoms. The molecule has 1 N–H and O–H groups in total. The minimum atomic E-state index is 0.664. The van der Waals surface area contributed by atoms with Crippen LogP contribution in [0.4, 0.5) is 5.69 Å². The number of thioether (sulfide) groups is 1. The fraction of sp³-hybridized carbons (Fsp3) is 0.462. The van der Waals surface area contributed by atoms with E-state index in [9.17, 15) is 0 Å². The van der Waals surface area contributed by atoms with Crippen molar-refractivity contribution >= 4 is 22.6 Å². The van der Waals surface area contributed by atoms with Gasteiger partial charge in [0.15, 0.2) is 5.17 Å². The minimum absolute atomic E-state index is 0.664. The van der Waals surface area contributed by atoms with E-state index in [1.165, 1.54) is 12.0 Å². The fourth-order valence-electron chi connectivity index (χ4n) is 1.69. The summed E-state index contributed by atoms with van der Waals surface area (Å²) in [5.74, 6) is 0. The largest absolute Gasteiger partial charge is 0.335 e. The molecular formula is C13H18N2S. The average Bonchev–Trinajstić information content (AvgIpc) is 2.77. The number of nitrogens with zero attached hydrogens (tertiary/aromatic N) is 1. The van der Waals surface area contributed by atoms with E-state index < -0.39 is 0 Å². The number of rotatable bonds is 3. The maximum atomic E-state index is 4.51. The first-order chi connectivity index (χ1) is 7.81. The molecule has 0 saturated carbocycles.